The van der Waals surface area contributed by atoms with Gasteiger partial charge in [0.25, 0.3) is 0 Å². The Hall–Kier alpha value is -2.59. The van der Waals surface area contributed by atoms with Crippen molar-refractivity contribution in [2.24, 2.45) is 0 Å². The lowest BCUT2D eigenvalue weighted by molar-refractivity contribution is -0.122. The molecule has 2 rings (SSSR count). The minimum Gasteiger partial charge on any atom is -0.325 e. The predicted octanol–water partition coefficient (Wildman–Crippen LogP) is 3.76. The molecule has 27 heavy (non-hydrogen) atoms. The van der Waals surface area contributed by atoms with E-state index in [9.17, 15) is 9.59 Å². The van der Waals surface area contributed by atoms with E-state index >= 15 is 0 Å². The Morgan fingerprint density at radius 3 is 2.41 bits per heavy atom. The maximum Gasteiger partial charge on any atom is 0.241 e. The van der Waals surface area contributed by atoms with Crippen LogP contribution < -0.4 is 10.6 Å². The molecule has 1 atom stereocenters. The number of nitriles is 1. The van der Waals surface area contributed by atoms with E-state index in [0.717, 1.165) is 0 Å². The number of para-hydroxylation sites is 1. The Morgan fingerprint density at radius 2 is 1.78 bits per heavy atom. The van der Waals surface area contributed by atoms with Crippen molar-refractivity contribution in [1.29, 1.82) is 5.26 Å². The van der Waals surface area contributed by atoms with E-state index in [1.807, 2.05) is 6.07 Å². The molecule has 0 radical (unpaired) electrons. The molecule has 2 amide bonds. The van der Waals surface area contributed by atoms with E-state index in [1.165, 1.54) is 0 Å². The number of carbonyl (C=O) groups is 2. The van der Waals surface area contributed by atoms with Crippen molar-refractivity contribution < 1.29 is 9.59 Å². The third-order valence-corrected chi connectivity index (χ3v) is 4.55. The fourth-order valence-corrected chi connectivity index (χ4v) is 2.76. The molecule has 0 fully saturated rings. The zero-order valence-electron chi connectivity index (χ0n) is 14.8. The Morgan fingerprint density at radius 1 is 1.15 bits per heavy atom. The van der Waals surface area contributed by atoms with E-state index in [4.69, 9.17) is 28.5 Å². The molecule has 6 nitrogen and oxygen atoms in total. The van der Waals surface area contributed by atoms with Crippen LogP contribution >= 0.6 is 23.2 Å². The lowest BCUT2D eigenvalue weighted by Crippen LogP contribution is -2.43. The number of benzene rings is 2. The van der Waals surface area contributed by atoms with Gasteiger partial charge in [-0.1, -0.05) is 35.3 Å². The summed E-state index contributed by atoms with van der Waals surface area (Å²) in [7, 11) is 1.66. The van der Waals surface area contributed by atoms with Crippen molar-refractivity contribution in [3.8, 4) is 6.07 Å². The fraction of sp³-hybridized carbons (Fsp3) is 0.211. The molecule has 0 aliphatic heterocycles. The number of halogens is 2. The highest BCUT2D eigenvalue weighted by Crippen LogP contribution is 2.29. The monoisotopic (exact) mass is 404 g/mol. The first-order chi connectivity index (χ1) is 12.8. The molecule has 0 spiro atoms. The van der Waals surface area contributed by atoms with Crippen molar-refractivity contribution in [1.82, 2.24) is 4.90 Å². The molecule has 2 N–H and O–H groups in total. The van der Waals surface area contributed by atoms with Crippen LogP contribution in [0.15, 0.2) is 42.5 Å². The summed E-state index contributed by atoms with van der Waals surface area (Å²) in [6, 6.07) is 13.0. The maximum absolute atomic E-state index is 12.4. The molecule has 0 aromatic heterocycles. The number of nitrogens with one attached hydrogen (secondary N) is 2. The summed E-state index contributed by atoms with van der Waals surface area (Å²) in [5.41, 5.74) is 1.31. The summed E-state index contributed by atoms with van der Waals surface area (Å²) in [6.07, 6.45) is 0. The highest BCUT2D eigenvalue weighted by molar-refractivity contribution is 6.39. The minimum absolute atomic E-state index is 0.0334. The Balaban J connectivity index is 1.95. The number of hydrogen-bond acceptors (Lipinski definition) is 4. The maximum atomic E-state index is 12.4. The third-order valence-electron chi connectivity index (χ3n) is 3.92. The van der Waals surface area contributed by atoms with Gasteiger partial charge >= 0.3 is 0 Å². The molecule has 0 heterocycles. The molecular weight excluding hydrogens is 387 g/mol. The summed E-state index contributed by atoms with van der Waals surface area (Å²) in [5.74, 6) is -0.644. The standard InChI is InChI=1S/C19H18Cl2N4O2/c1-12(19(27)23-14-6-3-5-13(9-14)10-22)25(2)11-17(26)24-18-15(20)7-4-8-16(18)21/h3-9,12H,11H2,1-2H3,(H,23,27)(H,24,26)/t12-/m0/s1. The quantitative estimate of drug-likeness (QED) is 0.767. The molecular formula is C19H18Cl2N4O2. The van der Waals surface area contributed by atoms with Gasteiger partial charge in [0, 0.05) is 5.69 Å². The predicted molar refractivity (Wildman–Crippen MR) is 107 cm³/mol. The Labute approximate surface area is 167 Å². The number of anilines is 2. The van der Waals surface area contributed by atoms with Crippen molar-refractivity contribution in [2.75, 3.05) is 24.2 Å². The van der Waals surface area contributed by atoms with Gasteiger partial charge in [0.05, 0.1) is 40.0 Å². The molecule has 0 saturated heterocycles. The van der Waals surface area contributed by atoms with Crippen LogP contribution in [0.4, 0.5) is 11.4 Å². The summed E-state index contributed by atoms with van der Waals surface area (Å²) < 4.78 is 0. The molecule has 8 heteroatoms. The van der Waals surface area contributed by atoms with Crippen LogP contribution in [-0.2, 0) is 9.59 Å². The number of amides is 2. The fourth-order valence-electron chi connectivity index (χ4n) is 2.27. The number of likely N-dealkylation sites (N-methyl/N-ethyl adjacent to an activating group) is 1. The SMILES string of the molecule is C[C@@H](C(=O)Nc1cccc(C#N)c1)N(C)CC(=O)Nc1c(Cl)cccc1Cl. The number of carbonyl (C=O) groups excluding carboxylic acids is 2. The molecule has 2 aromatic rings. The summed E-state index contributed by atoms with van der Waals surface area (Å²) in [4.78, 5) is 26.2. The van der Waals surface area contributed by atoms with Crippen LogP contribution in [-0.4, -0.2) is 36.3 Å². The Kier molecular flexibility index (Phi) is 7.19. The normalized spacial score (nSPS) is 11.6. The topological polar surface area (TPSA) is 85.2 Å². The highest BCUT2D eigenvalue weighted by Gasteiger charge is 2.21. The average Bonchev–Trinajstić information content (AvgIpc) is 2.64. The Bertz CT molecular complexity index is 875. The van der Waals surface area contributed by atoms with E-state index in [2.05, 4.69) is 10.6 Å². The average molecular weight is 405 g/mol. The largest absolute Gasteiger partial charge is 0.325 e. The van der Waals surface area contributed by atoms with Gasteiger partial charge in [0.15, 0.2) is 0 Å². The van der Waals surface area contributed by atoms with Gasteiger partial charge in [-0.05, 0) is 44.3 Å². The number of nitrogens with zero attached hydrogens (tertiary/aromatic N) is 2. The van der Waals surface area contributed by atoms with Gasteiger partial charge < -0.3 is 10.6 Å². The summed E-state index contributed by atoms with van der Waals surface area (Å²) in [5, 5.41) is 15.0. The van der Waals surface area contributed by atoms with Gasteiger partial charge in [-0.15, -0.1) is 0 Å². The second kappa shape index (κ2) is 9.38. The first kappa shape index (κ1) is 20.7. The van der Waals surface area contributed by atoms with Crippen molar-refractivity contribution in [3.05, 3.63) is 58.1 Å². The van der Waals surface area contributed by atoms with Crippen molar-refractivity contribution in [2.45, 2.75) is 13.0 Å². The van der Waals surface area contributed by atoms with Gasteiger partial charge in [-0.2, -0.15) is 5.26 Å². The van der Waals surface area contributed by atoms with Crippen LogP contribution in [0.2, 0.25) is 10.0 Å². The molecule has 0 saturated carbocycles. The van der Waals surface area contributed by atoms with Crippen LogP contribution in [0.5, 0.6) is 0 Å². The number of rotatable bonds is 6. The van der Waals surface area contributed by atoms with E-state index in [1.54, 1.807) is 61.3 Å². The second-order valence-corrected chi connectivity index (χ2v) is 6.73. The molecule has 0 aliphatic carbocycles. The lowest BCUT2D eigenvalue weighted by Gasteiger charge is -2.23. The highest BCUT2D eigenvalue weighted by atomic mass is 35.5. The van der Waals surface area contributed by atoms with Crippen molar-refractivity contribution >= 4 is 46.4 Å². The van der Waals surface area contributed by atoms with Gasteiger partial charge in [0.1, 0.15) is 0 Å². The molecule has 140 valence electrons. The van der Waals surface area contributed by atoms with Crippen LogP contribution in [0.3, 0.4) is 0 Å². The van der Waals surface area contributed by atoms with Crippen molar-refractivity contribution in [3.63, 3.8) is 0 Å². The van der Waals surface area contributed by atoms with Gasteiger partial charge in [0.2, 0.25) is 11.8 Å². The zero-order valence-corrected chi connectivity index (χ0v) is 16.3. The number of hydrogen-bond donors (Lipinski definition) is 2. The first-order valence-corrected chi connectivity index (χ1v) is 8.82. The summed E-state index contributed by atoms with van der Waals surface area (Å²) >= 11 is 12.1. The van der Waals surface area contributed by atoms with Gasteiger partial charge in [-0.3, -0.25) is 14.5 Å². The smallest absolute Gasteiger partial charge is 0.241 e. The first-order valence-electron chi connectivity index (χ1n) is 8.07. The summed E-state index contributed by atoms with van der Waals surface area (Å²) in [6.45, 7) is 1.65. The molecule has 2 aromatic carbocycles. The van der Waals surface area contributed by atoms with E-state index in [0.29, 0.717) is 27.0 Å². The van der Waals surface area contributed by atoms with Crippen LogP contribution in [0.25, 0.3) is 0 Å². The zero-order chi connectivity index (χ0) is 20.0. The minimum atomic E-state index is -0.580. The molecule has 0 unspecified atom stereocenters. The van der Waals surface area contributed by atoms with E-state index in [-0.39, 0.29) is 18.4 Å². The lowest BCUT2D eigenvalue weighted by atomic mass is 10.2. The van der Waals surface area contributed by atoms with Crippen LogP contribution in [0.1, 0.15) is 12.5 Å². The van der Waals surface area contributed by atoms with Crippen LogP contribution in [0, 0.1) is 11.3 Å². The third kappa shape index (κ3) is 5.69. The van der Waals surface area contributed by atoms with Gasteiger partial charge in [-0.25, -0.2) is 0 Å². The van der Waals surface area contributed by atoms with E-state index < -0.39 is 6.04 Å². The molecule has 0 aliphatic rings. The molecule has 0 bridgehead atoms. The second-order valence-electron chi connectivity index (χ2n) is 5.92.